The fourth-order valence-electron chi connectivity index (χ4n) is 2.87. The summed E-state index contributed by atoms with van der Waals surface area (Å²) in [5.41, 5.74) is 0.923. The Balaban J connectivity index is 2.05. The molecule has 3 amide bonds. The molecule has 1 aliphatic rings. The van der Waals surface area contributed by atoms with Crippen LogP contribution in [0.5, 0.6) is 0 Å². The van der Waals surface area contributed by atoms with E-state index in [1.807, 2.05) is 12.2 Å². The maximum atomic E-state index is 13.0. The van der Waals surface area contributed by atoms with Gasteiger partial charge >= 0.3 is 12.0 Å². The first-order valence-electron chi connectivity index (χ1n) is 9.08. The molecule has 1 atom stereocenters. The maximum Gasteiger partial charge on any atom is 0.324 e. The highest BCUT2D eigenvalue weighted by Gasteiger charge is 2.38. The highest BCUT2D eigenvalue weighted by atomic mass is 32.2. The number of sulfonamides is 1. The number of carbonyl (C=O) groups is 3. The van der Waals surface area contributed by atoms with Gasteiger partial charge in [-0.05, 0) is 45.2 Å². The Bertz CT molecular complexity index is 822. The van der Waals surface area contributed by atoms with Crippen LogP contribution in [-0.4, -0.2) is 56.4 Å². The van der Waals surface area contributed by atoms with Gasteiger partial charge in [0.1, 0.15) is 6.04 Å². The minimum absolute atomic E-state index is 0.103. The Labute approximate surface area is 164 Å². The molecule has 0 aromatic heterocycles. The van der Waals surface area contributed by atoms with Gasteiger partial charge in [-0.1, -0.05) is 17.7 Å². The van der Waals surface area contributed by atoms with Crippen LogP contribution in [0.25, 0.3) is 0 Å². The van der Waals surface area contributed by atoms with Gasteiger partial charge in [-0.25, -0.2) is 13.2 Å². The summed E-state index contributed by atoms with van der Waals surface area (Å²) in [5.74, 6) is -1.59. The summed E-state index contributed by atoms with van der Waals surface area (Å²) in [5, 5.41) is 4.39. The Hall–Kier alpha value is -2.46. The van der Waals surface area contributed by atoms with Crippen LogP contribution in [0.1, 0.15) is 31.7 Å². The van der Waals surface area contributed by atoms with E-state index in [9.17, 15) is 22.8 Å². The molecule has 2 rings (SSSR count). The average Bonchev–Trinajstić information content (AvgIpc) is 2.66. The zero-order valence-electron chi connectivity index (χ0n) is 15.9. The highest BCUT2D eigenvalue weighted by molar-refractivity contribution is 7.89. The van der Waals surface area contributed by atoms with E-state index in [1.54, 1.807) is 19.1 Å². The normalized spacial score (nSPS) is 17.6. The van der Waals surface area contributed by atoms with Crippen molar-refractivity contribution in [1.82, 2.24) is 14.9 Å². The number of esters is 1. The molecule has 1 unspecified atom stereocenters. The van der Waals surface area contributed by atoms with Crippen LogP contribution in [0, 0.1) is 6.92 Å². The van der Waals surface area contributed by atoms with Gasteiger partial charge in [0, 0.05) is 13.1 Å². The largest absolute Gasteiger partial charge is 0.454 e. The molecule has 9 nitrogen and oxygen atoms in total. The first kappa shape index (κ1) is 21.8. The third-order valence-electron chi connectivity index (χ3n) is 4.29. The van der Waals surface area contributed by atoms with Crippen molar-refractivity contribution in [3.63, 3.8) is 0 Å². The summed E-state index contributed by atoms with van der Waals surface area (Å²) in [7, 11) is -3.87. The monoisotopic (exact) mass is 411 g/mol. The van der Waals surface area contributed by atoms with Crippen molar-refractivity contribution in [2.75, 3.05) is 19.7 Å². The summed E-state index contributed by atoms with van der Waals surface area (Å²) in [6.07, 6.45) is 1.61. The fraction of sp³-hybridized carbons (Fsp3) is 0.500. The molecule has 10 heteroatoms. The quantitative estimate of drug-likeness (QED) is 0.672. The van der Waals surface area contributed by atoms with Crippen LogP contribution in [0.15, 0.2) is 29.2 Å². The van der Waals surface area contributed by atoms with Crippen LogP contribution in [0.3, 0.4) is 0 Å². The van der Waals surface area contributed by atoms with Crippen LogP contribution >= 0.6 is 0 Å². The number of benzene rings is 1. The zero-order valence-corrected chi connectivity index (χ0v) is 16.8. The first-order valence-corrected chi connectivity index (χ1v) is 10.5. The summed E-state index contributed by atoms with van der Waals surface area (Å²) < 4.78 is 32.0. The molecule has 0 radical (unpaired) electrons. The highest BCUT2D eigenvalue weighted by Crippen LogP contribution is 2.26. The second-order valence-corrected chi connectivity index (χ2v) is 8.35. The number of carbonyl (C=O) groups excluding carboxylic acids is 3. The molecule has 0 bridgehead atoms. The topological polar surface area (TPSA) is 122 Å². The molecule has 1 aromatic rings. The van der Waals surface area contributed by atoms with E-state index in [1.165, 1.54) is 12.1 Å². The van der Waals surface area contributed by atoms with E-state index in [-0.39, 0.29) is 11.4 Å². The second kappa shape index (κ2) is 9.65. The predicted molar refractivity (Wildman–Crippen MR) is 101 cm³/mol. The van der Waals surface area contributed by atoms with Crippen molar-refractivity contribution < 1.29 is 27.5 Å². The van der Waals surface area contributed by atoms with Gasteiger partial charge < -0.3 is 10.1 Å². The molecule has 2 N–H and O–H groups in total. The van der Waals surface area contributed by atoms with E-state index in [2.05, 4.69) is 5.32 Å². The third kappa shape index (κ3) is 5.52. The number of hydrogen-bond donors (Lipinski definition) is 2. The smallest absolute Gasteiger partial charge is 0.324 e. The molecular formula is C18H25N3O6S. The Kier molecular flexibility index (Phi) is 7.53. The molecule has 1 heterocycles. The molecule has 1 aromatic carbocycles. The molecule has 0 spiro atoms. The van der Waals surface area contributed by atoms with Gasteiger partial charge in [-0.3, -0.25) is 14.9 Å². The van der Waals surface area contributed by atoms with Crippen LogP contribution in [0.4, 0.5) is 4.79 Å². The molecule has 0 aliphatic carbocycles. The van der Waals surface area contributed by atoms with Gasteiger partial charge in [0.15, 0.2) is 6.61 Å². The summed E-state index contributed by atoms with van der Waals surface area (Å²) in [4.78, 5) is 35.5. The van der Waals surface area contributed by atoms with E-state index in [4.69, 9.17) is 4.74 Å². The Morgan fingerprint density at radius 3 is 2.50 bits per heavy atom. The van der Waals surface area contributed by atoms with E-state index >= 15 is 0 Å². The van der Waals surface area contributed by atoms with Gasteiger partial charge in [0.25, 0.3) is 5.91 Å². The van der Waals surface area contributed by atoms with Crippen molar-refractivity contribution in [3.05, 3.63) is 29.8 Å². The van der Waals surface area contributed by atoms with Gasteiger partial charge in [0.05, 0.1) is 4.90 Å². The minimum Gasteiger partial charge on any atom is -0.454 e. The SMILES string of the molecule is CCNC(=O)NC(=O)COC(=O)C1CCCCN1S(=O)(=O)c1ccc(C)cc1. The molecular weight excluding hydrogens is 386 g/mol. The van der Waals surface area contributed by atoms with Gasteiger partial charge in [-0.2, -0.15) is 4.31 Å². The number of nitrogens with zero attached hydrogens (tertiary/aromatic N) is 1. The first-order chi connectivity index (χ1) is 13.3. The predicted octanol–water partition coefficient (Wildman–Crippen LogP) is 0.927. The van der Waals surface area contributed by atoms with Gasteiger partial charge in [-0.15, -0.1) is 0 Å². The molecule has 0 saturated carbocycles. The van der Waals surface area contributed by atoms with E-state index in [0.29, 0.717) is 25.8 Å². The number of piperidine rings is 1. The lowest BCUT2D eigenvalue weighted by Crippen LogP contribution is -2.49. The number of rotatable bonds is 6. The third-order valence-corrected chi connectivity index (χ3v) is 6.21. The molecule has 1 saturated heterocycles. The molecule has 1 fully saturated rings. The molecule has 28 heavy (non-hydrogen) atoms. The number of nitrogens with one attached hydrogen (secondary N) is 2. The second-order valence-electron chi connectivity index (χ2n) is 6.46. The van der Waals surface area contributed by atoms with E-state index < -0.39 is 40.6 Å². The molecule has 154 valence electrons. The fourth-order valence-corrected chi connectivity index (χ4v) is 4.52. The Morgan fingerprint density at radius 1 is 1.18 bits per heavy atom. The Morgan fingerprint density at radius 2 is 1.86 bits per heavy atom. The average molecular weight is 411 g/mol. The number of amides is 3. The van der Waals surface area contributed by atoms with Gasteiger partial charge in [0.2, 0.25) is 10.0 Å². The lowest BCUT2D eigenvalue weighted by atomic mass is 10.1. The lowest BCUT2D eigenvalue weighted by Gasteiger charge is -2.32. The summed E-state index contributed by atoms with van der Waals surface area (Å²) >= 11 is 0. The zero-order chi connectivity index (χ0) is 20.7. The van der Waals surface area contributed by atoms with Crippen molar-refractivity contribution in [2.45, 2.75) is 44.0 Å². The van der Waals surface area contributed by atoms with Crippen molar-refractivity contribution in [2.24, 2.45) is 0 Å². The van der Waals surface area contributed by atoms with Crippen LogP contribution < -0.4 is 10.6 Å². The van der Waals surface area contributed by atoms with Crippen molar-refractivity contribution >= 4 is 27.9 Å². The summed E-state index contributed by atoms with van der Waals surface area (Å²) in [6, 6.07) is 4.69. The number of aryl methyl sites for hydroxylation is 1. The number of imide groups is 1. The van der Waals surface area contributed by atoms with Crippen LogP contribution in [-0.2, 0) is 24.3 Å². The standard InChI is InChI=1S/C18H25N3O6S/c1-3-19-18(24)20-16(22)12-27-17(23)15-6-4-5-11-21(15)28(25,26)14-9-7-13(2)8-10-14/h7-10,15H,3-6,11-12H2,1-2H3,(H2,19,20,22,24). The van der Waals surface area contributed by atoms with E-state index in [0.717, 1.165) is 9.87 Å². The lowest BCUT2D eigenvalue weighted by molar-refractivity contribution is -0.152. The summed E-state index contributed by atoms with van der Waals surface area (Å²) in [6.45, 7) is 3.41. The number of hydrogen-bond acceptors (Lipinski definition) is 6. The maximum absolute atomic E-state index is 13.0. The van der Waals surface area contributed by atoms with Crippen molar-refractivity contribution in [1.29, 1.82) is 0 Å². The number of ether oxygens (including phenoxy) is 1. The van der Waals surface area contributed by atoms with Crippen LogP contribution in [0.2, 0.25) is 0 Å². The molecule has 1 aliphatic heterocycles. The minimum atomic E-state index is -3.87. The van der Waals surface area contributed by atoms with Crippen molar-refractivity contribution in [3.8, 4) is 0 Å². The number of urea groups is 1.